The van der Waals surface area contributed by atoms with Crippen molar-refractivity contribution in [2.75, 3.05) is 27.9 Å². The maximum Gasteiger partial charge on any atom is 0.305 e. The molecule has 0 fully saturated rings. The van der Waals surface area contributed by atoms with Gasteiger partial charge in [-0.3, -0.25) is 0 Å². The van der Waals surface area contributed by atoms with Crippen LogP contribution < -0.4 is 0 Å². The minimum atomic E-state index is -1.03. The Morgan fingerprint density at radius 1 is 1.15 bits per heavy atom. The number of hydrogen-bond acceptors (Lipinski definition) is 4. The van der Waals surface area contributed by atoms with Crippen LogP contribution in [0, 0.1) is 6.92 Å². The molecule has 0 aromatic heterocycles. The second kappa shape index (κ2) is 7.46. The molecule has 1 radical (unpaired) electrons. The van der Waals surface area contributed by atoms with E-state index in [2.05, 4.69) is 6.92 Å². The second-order valence-electron chi connectivity index (χ2n) is 2.56. The lowest BCUT2D eigenvalue weighted by Gasteiger charge is -2.28. The van der Waals surface area contributed by atoms with Crippen LogP contribution in [0.5, 0.6) is 0 Å². The zero-order chi connectivity index (χ0) is 10.2. The van der Waals surface area contributed by atoms with Crippen LogP contribution in [0.3, 0.4) is 0 Å². The molecular weight excluding hydrogens is 188 g/mol. The molecule has 0 aromatic rings. The molecular formula is C8H19O4Si. The molecule has 0 bridgehead atoms. The van der Waals surface area contributed by atoms with Crippen LogP contribution in [0.15, 0.2) is 0 Å². The first-order valence-corrected chi connectivity index (χ1v) is 5.85. The molecule has 79 valence electrons. The summed E-state index contributed by atoms with van der Waals surface area (Å²) in [6.45, 7) is 4.06. The summed E-state index contributed by atoms with van der Waals surface area (Å²) in [5, 5.41) is 0. The highest BCUT2D eigenvalue weighted by atomic mass is 28.2. The minimum absolute atomic E-state index is 0.322. The number of rotatable bonds is 8. The van der Waals surface area contributed by atoms with E-state index < -0.39 is 15.7 Å². The fraction of sp³-hybridized carbons (Fsp3) is 0.875. The molecule has 0 aliphatic rings. The first kappa shape index (κ1) is 13.1. The smallest absolute Gasteiger partial charge is 0.305 e. The Balaban J connectivity index is 3.68. The van der Waals surface area contributed by atoms with Gasteiger partial charge in [-0.15, -0.1) is 0 Å². The van der Waals surface area contributed by atoms with Crippen molar-refractivity contribution in [2.45, 2.75) is 18.4 Å². The monoisotopic (exact) mass is 207 g/mol. The standard InChI is InChI=1S/C8H19O4Si/c1-5-6-13-12-7-8(9-2,10-3)11-4/h1,5-7,13H2,2-4H3. The molecule has 0 saturated carbocycles. The summed E-state index contributed by atoms with van der Waals surface area (Å²) in [6.07, 6.45) is 0.923. The van der Waals surface area contributed by atoms with E-state index >= 15 is 0 Å². The summed E-state index contributed by atoms with van der Waals surface area (Å²) in [5.74, 6) is -1.03. The highest BCUT2D eigenvalue weighted by molar-refractivity contribution is 6.27. The van der Waals surface area contributed by atoms with Crippen LogP contribution in [-0.4, -0.2) is 43.7 Å². The van der Waals surface area contributed by atoms with E-state index in [1.165, 1.54) is 21.3 Å². The third kappa shape index (κ3) is 4.73. The molecule has 0 aromatic carbocycles. The van der Waals surface area contributed by atoms with Gasteiger partial charge in [0.1, 0.15) is 6.61 Å². The van der Waals surface area contributed by atoms with Gasteiger partial charge in [0.25, 0.3) is 0 Å². The zero-order valence-electron chi connectivity index (χ0n) is 8.67. The van der Waals surface area contributed by atoms with E-state index in [0.717, 1.165) is 12.5 Å². The van der Waals surface area contributed by atoms with Gasteiger partial charge in [0.2, 0.25) is 0 Å². The minimum Gasteiger partial charge on any atom is -0.416 e. The Morgan fingerprint density at radius 2 is 1.69 bits per heavy atom. The van der Waals surface area contributed by atoms with Crippen molar-refractivity contribution in [3.05, 3.63) is 6.92 Å². The largest absolute Gasteiger partial charge is 0.416 e. The lowest BCUT2D eigenvalue weighted by Crippen LogP contribution is -2.41. The summed E-state index contributed by atoms with van der Waals surface area (Å²) in [4.78, 5) is 0. The quantitative estimate of drug-likeness (QED) is 0.326. The van der Waals surface area contributed by atoms with Crippen LogP contribution in [0.25, 0.3) is 0 Å². The second-order valence-corrected chi connectivity index (χ2v) is 4.08. The Hall–Kier alpha value is 0.0569. The van der Waals surface area contributed by atoms with E-state index in [4.69, 9.17) is 18.6 Å². The molecule has 0 amide bonds. The average molecular weight is 207 g/mol. The summed E-state index contributed by atoms with van der Waals surface area (Å²) < 4.78 is 20.6. The van der Waals surface area contributed by atoms with Gasteiger partial charge in [0, 0.05) is 21.3 Å². The van der Waals surface area contributed by atoms with Crippen LogP contribution in [-0.2, 0) is 18.6 Å². The molecule has 0 rings (SSSR count). The molecule has 0 N–H and O–H groups in total. The highest BCUT2D eigenvalue weighted by Gasteiger charge is 2.29. The van der Waals surface area contributed by atoms with Gasteiger partial charge in [0.05, 0.1) is 0 Å². The lowest BCUT2D eigenvalue weighted by atomic mass is 10.6. The lowest BCUT2D eigenvalue weighted by molar-refractivity contribution is -0.361. The fourth-order valence-corrected chi connectivity index (χ4v) is 1.63. The van der Waals surface area contributed by atoms with Gasteiger partial charge in [-0.2, -0.15) is 0 Å². The van der Waals surface area contributed by atoms with Crippen molar-refractivity contribution >= 4 is 9.76 Å². The summed E-state index contributed by atoms with van der Waals surface area (Å²) in [5.41, 5.74) is 0. The van der Waals surface area contributed by atoms with Crippen molar-refractivity contribution in [3.8, 4) is 0 Å². The molecule has 0 atom stereocenters. The number of methoxy groups -OCH3 is 3. The molecule has 0 unspecified atom stereocenters. The van der Waals surface area contributed by atoms with Gasteiger partial charge >= 0.3 is 5.97 Å². The first-order chi connectivity index (χ1) is 6.24. The summed E-state index contributed by atoms with van der Waals surface area (Å²) in [6, 6.07) is 1.06. The molecule has 0 heterocycles. The number of hydrogen-bond donors (Lipinski definition) is 0. The molecule has 0 saturated heterocycles. The first-order valence-electron chi connectivity index (χ1n) is 4.27. The van der Waals surface area contributed by atoms with E-state index in [1.54, 1.807) is 0 Å². The third-order valence-electron chi connectivity index (χ3n) is 1.75. The van der Waals surface area contributed by atoms with Crippen LogP contribution >= 0.6 is 0 Å². The normalized spacial score (nSPS) is 12.9. The number of ether oxygens (including phenoxy) is 3. The van der Waals surface area contributed by atoms with E-state index in [-0.39, 0.29) is 0 Å². The van der Waals surface area contributed by atoms with Gasteiger partial charge < -0.3 is 18.6 Å². The van der Waals surface area contributed by atoms with Crippen molar-refractivity contribution in [2.24, 2.45) is 0 Å². The average Bonchev–Trinajstić information content (AvgIpc) is 2.20. The van der Waals surface area contributed by atoms with Crippen molar-refractivity contribution < 1.29 is 18.6 Å². The highest BCUT2D eigenvalue weighted by Crippen LogP contribution is 2.12. The Bertz CT molecular complexity index is 108. The molecule has 0 aliphatic carbocycles. The van der Waals surface area contributed by atoms with Gasteiger partial charge in [-0.25, -0.2) is 0 Å². The zero-order valence-corrected chi connectivity index (χ0v) is 10.1. The van der Waals surface area contributed by atoms with Crippen LogP contribution in [0.1, 0.15) is 6.42 Å². The molecule has 5 heteroatoms. The fourth-order valence-electron chi connectivity index (χ4n) is 0.828. The Kier molecular flexibility index (Phi) is 7.49. The maximum absolute atomic E-state index is 5.44. The summed E-state index contributed by atoms with van der Waals surface area (Å²) >= 11 is 0. The predicted molar refractivity (Wildman–Crippen MR) is 53.0 cm³/mol. The predicted octanol–water partition coefficient (Wildman–Crippen LogP) is 0.322. The third-order valence-corrected chi connectivity index (χ3v) is 3.03. The van der Waals surface area contributed by atoms with E-state index in [0.29, 0.717) is 6.61 Å². The van der Waals surface area contributed by atoms with Gasteiger partial charge in [-0.1, -0.05) is 13.3 Å². The Morgan fingerprint density at radius 3 is 2.08 bits per heavy atom. The van der Waals surface area contributed by atoms with Gasteiger partial charge in [0.15, 0.2) is 9.76 Å². The van der Waals surface area contributed by atoms with E-state index in [1.807, 2.05) is 0 Å². The van der Waals surface area contributed by atoms with Crippen molar-refractivity contribution in [1.29, 1.82) is 0 Å². The maximum atomic E-state index is 5.44. The summed E-state index contributed by atoms with van der Waals surface area (Å²) in [7, 11) is 4.08. The topological polar surface area (TPSA) is 36.9 Å². The molecule has 0 spiro atoms. The van der Waals surface area contributed by atoms with E-state index in [9.17, 15) is 0 Å². The van der Waals surface area contributed by atoms with Crippen molar-refractivity contribution in [3.63, 3.8) is 0 Å². The van der Waals surface area contributed by atoms with Crippen molar-refractivity contribution in [1.82, 2.24) is 0 Å². The Labute approximate surface area is 82.4 Å². The molecule has 0 aliphatic heterocycles. The molecule has 4 nitrogen and oxygen atoms in total. The van der Waals surface area contributed by atoms with Crippen LogP contribution in [0.2, 0.25) is 6.04 Å². The SMILES string of the molecule is [CH2]CC[SiH2]OCC(OC)(OC)OC. The van der Waals surface area contributed by atoms with Crippen LogP contribution in [0.4, 0.5) is 0 Å². The van der Waals surface area contributed by atoms with Gasteiger partial charge in [-0.05, 0) is 6.04 Å². The molecule has 13 heavy (non-hydrogen) atoms.